The third-order valence-electron chi connectivity index (χ3n) is 2.98. The van der Waals surface area contributed by atoms with Crippen LogP contribution < -0.4 is 20.7 Å². The summed E-state index contributed by atoms with van der Waals surface area (Å²) in [6, 6.07) is 13.9. The SMILES string of the molecule is CCOc1cc(Nc2ccccc2N(C)C)ccc1N. The van der Waals surface area contributed by atoms with Gasteiger partial charge in [-0.1, -0.05) is 12.1 Å². The van der Waals surface area contributed by atoms with Gasteiger partial charge in [0.25, 0.3) is 0 Å². The Kier molecular flexibility index (Phi) is 4.35. The fourth-order valence-electron chi connectivity index (χ4n) is 2.02. The molecule has 0 fully saturated rings. The second-order valence-corrected chi connectivity index (χ2v) is 4.72. The summed E-state index contributed by atoms with van der Waals surface area (Å²) in [5, 5.41) is 3.40. The standard InChI is InChI=1S/C16H21N3O/c1-4-20-16-11-12(9-10-13(16)17)18-14-7-5-6-8-15(14)19(2)3/h5-11,18H,4,17H2,1-3H3. The fourth-order valence-corrected chi connectivity index (χ4v) is 2.02. The number of ether oxygens (including phenoxy) is 1. The number of para-hydroxylation sites is 2. The summed E-state index contributed by atoms with van der Waals surface area (Å²) in [5.41, 5.74) is 9.67. The van der Waals surface area contributed by atoms with E-state index in [9.17, 15) is 0 Å². The molecule has 2 rings (SSSR count). The molecule has 0 heterocycles. The molecule has 3 N–H and O–H groups in total. The van der Waals surface area contributed by atoms with Gasteiger partial charge in [0.05, 0.1) is 23.7 Å². The Hall–Kier alpha value is -2.36. The Morgan fingerprint density at radius 1 is 1.15 bits per heavy atom. The average Bonchev–Trinajstić information content (AvgIpc) is 2.43. The molecule has 0 unspecified atom stereocenters. The predicted molar refractivity (Wildman–Crippen MR) is 86.1 cm³/mol. The number of nitrogens with zero attached hydrogens (tertiary/aromatic N) is 1. The average molecular weight is 271 g/mol. The number of nitrogens with one attached hydrogen (secondary N) is 1. The monoisotopic (exact) mass is 271 g/mol. The highest BCUT2D eigenvalue weighted by molar-refractivity contribution is 5.76. The summed E-state index contributed by atoms with van der Waals surface area (Å²) in [6.07, 6.45) is 0. The van der Waals surface area contributed by atoms with E-state index in [-0.39, 0.29) is 0 Å². The van der Waals surface area contributed by atoms with E-state index in [1.165, 1.54) is 0 Å². The Labute approximate surface area is 120 Å². The lowest BCUT2D eigenvalue weighted by atomic mass is 10.2. The van der Waals surface area contributed by atoms with Crippen molar-refractivity contribution in [1.82, 2.24) is 0 Å². The highest BCUT2D eigenvalue weighted by Crippen LogP contribution is 2.31. The first-order chi connectivity index (χ1) is 9.61. The van der Waals surface area contributed by atoms with E-state index in [4.69, 9.17) is 10.5 Å². The van der Waals surface area contributed by atoms with Crippen molar-refractivity contribution >= 4 is 22.7 Å². The molecule has 0 saturated carbocycles. The summed E-state index contributed by atoms with van der Waals surface area (Å²) in [7, 11) is 4.05. The number of anilines is 4. The molecule has 0 saturated heterocycles. The van der Waals surface area contributed by atoms with Crippen molar-refractivity contribution in [2.24, 2.45) is 0 Å². The van der Waals surface area contributed by atoms with E-state index in [1.54, 1.807) is 0 Å². The Balaban J connectivity index is 2.28. The highest BCUT2D eigenvalue weighted by Gasteiger charge is 2.06. The van der Waals surface area contributed by atoms with Crippen LogP contribution in [0.15, 0.2) is 42.5 Å². The van der Waals surface area contributed by atoms with Gasteiger partial charge in [-0.2, -0.15) is 0 Å². The third kappa shape index (κ3) is 3.15. The molecule has 0 spiro atoms. The van der Waals surface area contributed by atoms with Crippen LogP contribution in [0.4, 0.5) is 22.7 Å². The molecule has 0 aromatic heterocycles. The number of nitrogens with two attached hydrogens (primary N) is 1. The topological polar surface area (TPSA) is 50.5 Å². The zero-order valence-electron chi connectivity index (χ0n) is 12.2. The molecular formula is C16H21N3O. The first-order valence-corrected chi connectivity index (χ1v) is 6.67. The summed E-state index contributed by atoms with van der Waals surface area (Å²) >= 11 is 0. The third-order valence-corrected chi connectivity index (χ3v) is 2.98. The Bertz CT molecular complexity index is 582. The molecule has 2 aromatic carbocycles. The number of hydrogen-bond acceptors (Lipinski definition) is 4. The van der Waals surface area contributed by atoms with E-state index >= 15 is 0 Å². The van der Waals surface area contributed by atoms with Gasteiger partial charge in [-0.15, -0.1) is 0 Å². The van der Waals surface area contributed by atoms with Crippen molar-refractivity contribution in [1.29, 1.82) is 0 Å². The molecule has 2 aromatic rings. The number of nitrogen functional groups attached to an aromatic ring is 1. The maximum Gasteiger partial charge on any atom is 0.144 e. The van der Waals surface area contributed by atoms with Crippen LogP contribution in [0.1, 0.15) is 6.92 Å². The van der Waals surface area contributed by atoms with Gasteiger partial charge in [-0.3, -0.25) is 0 Å². The van der Waals surface area contributed by atoms with Gasteiger partial charge in [0.15, 0.2) is 0 Å². The molecule has 0 atom stereocenters. The second kappa shape index (κ2) is 6.19. The second-order valence-electron chi connectivity index (χ2n) is 4.72. The van der Waals surface area contributed by atoms with Crippen LogP contribution >= 0.6 is 0 Å². The predicted octanol–water partition coefficient (Wildman–Crippen LogP) is 3.48. The fraction of sp³-hybridized carbons (Fsp3) is 0.250. The van der Waals surface area contributed by atoms with E-state index in [0.717, 1.165) is 17.1 Å². The van der Waals surface area contributed by atoms with Crippen molar-refractivity contribution in [3.05, 3.63) is 42.5 Å². The summed E-state index contributed by atoms with van der Waals surface area (Å²) in [6.45, 7) is 2.54. The van der Waals surface area contributed by atoms with Crippen LogP contribution in [0.3, 0.4) is 0 Å². The summed E-state index contributed by atoms with van der Waals surface area (Å²) in [4.78, 5) is 2.07. The summed E-state index contributed by atoms with van der Waals surface area (Å²) in [5.74, 6) is 0.708. The molecule has 0 aliphatic carbocycles. The lowest BCUT2D eigenvalue weighted by Crippen LogP contribution is -2.10. The number of rotatable bonds is 5. The van der Waals surface area contributed by atoms with Crippen molar-refractivity contribution in [3.63, 3.8) is 0 Å². The molecule has 0 amide bonds. The van der Waals surface area contributed by atoms with Gasteiger partial charge in [-0.25, -0.2) is 0 Å². The van der Waals surface area contributed by atoms with Gasteiger partial charge in [-0.05, 0) is 31.2 Å². The number of benzene rings is 2. The Morgan fingerprint density at radius 2 is 1.90 bits per heavy atom. The zero-order valence-corrected chi connectivity index (χ0v) is 12.2. The number of hydrogen-bond donors (Lipinski definition) is 2. The van der Waals surface area contributed by atoms with E-state index in [0.29, 0.717) is 18.0 Å². The smallest absolute Gasteiger partial charge is 0.144 e. The molecule has 106 valence electrons. The highest BCUT2D eigenvalue weighted by atomic mass is 16.5. The minimum Gasteiger partial charge on any atom is -0.492 e. The first kappa shape index (κ1) is 14.1. The first-order valence-electron chi connectivity index (χ1n) is 6.67. The van der Waals surface area contributed by atoms with Crippen LogP contribution in [0.25, 0.3) is 0 Å². The maximum atomic E-state index is 5.89. The molecule has 4 heteroatoms. The molecule has 4 nitrogen and oxygen atoms in total. The van der Waals surface area contributed by atoms with E-state index in [2.05, 4.69) is 16.3 Å². The molecule has 0 bridgehead atoms. The van der Waals surface area contributed by atoms with E-state index < -0.39 is 0 Å². The lowest BCUT2D eigenvalue weighted by molar-refractivity contribution is 0.342. The van der Waals surface area contributed by atoms with Crippen LogP contribution in [-0.4, -0.2) is 20.7 Å². The molecule has 0 radical (unpaired) electrons. The largest absolute Gasteiger partial charge is 0.492 e. The van der Waals surface area contributed by atoms with Crippen molar-refractivity contribution in [3.8, 4) is 5.75 Å². The van der Waals surface area contributed by atoms with Crippen LogP contribution in [-0.2, 0) is 0 Å². The van der Waals surface area contributed by atoms with Gasteiger partial charge >= 0.3 is 0 Å². The molecule has 0 aliphatic heterocycles. The minimum atomic E-state index is 0.599. The minimum absolute atomic E-state index is 0.599. The van der Waals surface area contributed by atoms with Crippen LogP contribution in [0.5, 0.6) is 5.75 Å². The lowest BCUT2D eigenvalue weighted by Gasteiger charge is -2.19. The van der Waals surface area contributed by atoms with Crippen molar-refractivity contribution in [2.45, 2.75) is 6.92 Å². The normalized spacial score (nSPS) is 10.2. The zero-order chi connectivity index (χ0) is 14.5. The molecule has 0 aliphatic rings. The maximum absolute atomic E-state index is 5.89. The molecular weight excluding hydrogens is 250 g/mol. The van der Waals surface area contributed by atoms with Gasteiger partial charge in [0, 0.05) is 25.8 Å². The van der Waals surface area contributed by atoms with Crippen LogP contribution in [0.2, 0.25) is 0 Å². The Morgan fingerprint density at radius 3 is 2.60 bits per heavy atom. The van der Waals surface area contributed by atoms with Gasteiger partial charge < -0.3 is 20.7 Å². The van der Waals surface area contributed by atoms with Gasteiger partial charge in [0.1, 0.15) is 5.75 Å². The quantitative estimate of drug-likeness (QED) is 0.817. The van der Waals surface area contributed by atoms with Crippen LogP contribution in [0, 0.1) is 0 Å². The van der Waals surface area contributed by atoms with Crippen molar-refractivity contribution < 1.29 is 4.74 Å². The molecule has 20 heavy (non-hydrogen) atoms. The van der Waals surface area contributed by atoms with E-state index in [1.807, 2.05) is 57.4 Å². The van der Waals surface area contributed by atoms with Crippen molar-refractivity contribution in [2.75, 3.05) is 36.7 Å². The summed E-state index contributed by atoms with van der Waals surface area (Å²) < 4.78 is 5.52. The van der Waals surface area contributed by atoms with Gasteiger partial charge in [0.2, 0.25) is 0 Å².